The zero-order valence-corrected chi connectivity index (χ0v) is 11.3. The van der Waals surface area contributed by atoms with E-state index in [1.165, 1.54) is 6.07 Å². The SMILES string of the molecule is Cc1c(CN)nn(C)c1-c1cc(Br)ccc1F. The highest BCUT2D eigenvalue weighted by Gasteiger charge is 2.16. The van der Waals surface area contributed by atoms with Gasteiger partial charge in [0.05, 0.1) is 11.4 Å². The summed E-state index contributed by atoms with van der Waals surface area (Å²) in [5.41, 5.74) is 8.62. The first-order chi connectivity index (χ1) is 8.04. The number of aryl methyl sites for hydroxylation is 1. The molecule has 0 saturated heterocycles. The fraction of sp³-hybridized carbons (Fsp3) is 0.250. The van der Waals surface area contributed by atoms with Gasteiger partial charge in [-0.15, -0.1) is 0 Å². The fourth-order valence-electron chi connectivity index (χ4n) is 1.93. The Balaban J connectivity index is 2.68. The molecule has 0 fully saturated rings. The van der Waals surface area contributed by atoms with E-state index in [0.29, 0.717) is 12.1 Å². The summed E-state index contributed by atoms with van der Waals surface area (Å²) in [6, 6.07) is 4.86. The summed E-state index contributed by atoms with van der Waals surface area (Å²) in [6.07, 6.45) is 0. The van der Waals surface area contributed by atoms with Gasteiger partial charge >= 0.3 is 0 Å². The van der Waals surface area contributed by atoms with Crippen molar-refractivity contribution in [1.29, 1.82) is 0 Å². The monoisotopic (exact) mass is 297 g/mol. The quantitative estimate of drug-likeness (QED) is 0.926. The van der Waals surface area contributed by atoms with Crippen LogP contribution in [0.2, 0.25) is 0 Å². The summed E-state index contributed by atoms with van der Waals surface area (Å²) in [6.45, 7) is 2.26. The normalized spacial score (nSPS) is 10.9. The average molecular weight is 298 g/mol. The Hall–Kier alpha value is -1.20. The lowest BCUT2D eigenvalue weighted by atomic mass is 10.1. The minimum Gasteiger partial charge on any atom is -0.325 e. The molecule has 0 aliphatic rings. The average Bonchev–Trinajstić information content (AvgIpc) is 2.58. The van der Waals surface area contributed by atoms with Crippen LogP contribution in [0.15, 0.2) is 22.7 Å². The van der Waals surface area contributed by atoms with Gasteiger partial charge in [-0.25, -0.2) is 4.39 Å². The Kier molecular flexibility index (Phi) is 3.31. The maximum absolute atomic E-state index is 13.8. The molecule has 0 bridgehead atoms. The van der Waals surface area contributed by atoms with Gasteiger partial charge in [-0.05, 0) is 30.7 Å². The van der Waals surface area contributed by atoms with Crippen molar-refractivity contribution in [1.82, 2.24) is 9.78 Å². The predicted octanol–water partition coefficient (Wildman–Crippen LogP) is 2.76. The predicted molar refractivity (Wildman–Crippen MR) is 68.9 cm³/mol. The van der Waals surface area contributed by atoms with E-state index in [-0.39, 0.29) is 5.82 Å². The summed E-state index contributed by atoms with van der Waals surface area (Å²) < 4.78 is 16.3. The molecular weight excluding hydrogens is 285 g/mol. The van der Waals surface area contributed by atoms with Crippen LogP contribution >= 0.6 is 15.9 Å². The molecule has 0 aliphatic carbocycles. The fourth-order valence-corrected chi connectivity index (χ4v) is 2.30. The van der Waals surface area contributed by atoms with Crippen molar-refractivity contribution in [3.63, 3.8) is 0 Å². The van der Waals surface area contributed by atoms with E-state index in [9.17, 15) is 4.39 Å². The first kappa shape index (κ1) is 12.3. The maximum Gasteiger partial charge on any atom is 0.132 e. The van der Waals surface area contributed by atoms with E-state index in [4.69, 9.17) is 5.73 Å². The van der Waals surface area contributed by atoms with Gasteiger partial charge in [-0.2, -0.15) is 5.10 Å². The molecule has 5 heteroatoms. The van der Waals surface area contributed by atoms with Gasteiger partial charge < -0.3 is 5.73 Å². The van der Waals surface area contributed by atoms with Gasteiger partial charge in [0.1, 0.15) is 5.82 Å². The van der Waals surface area contributed by atoms with Crippen LogP contribution in [0.1, 0.15) is 11.3 Å². The third-order valence-electron chi connectivity index (χ3n) is 2.76. The zero-order chi connectivity index (χ0) is 12.6. The van der Waals surface area contributed by atoms with Crippen molar-refractivity contribution >= 4 is 15.9 Å². The Bertz CT molecular complexity index is 563. The van der Waals surface area contributed by atoms with Crippen molar-refractivity contribution in [2.24, 2.45) is 12.8 Å². The maximum atomic E-state index is 13.8. The molecule has 1 aromatic heterocycles. The molecule has 1 heterocycles. The van der Waals surface area contributed by atoms with Crippen LogP contribution < -0.4 is 5.73 Å². The molecule has 3 nitrogen and oxygen atoms in total. The molecule has 17 heavy (non-hydrogen) atoms. The largest absolute Gasteiger partial charge is 0.325 e. The van der Waals surface area contributed by atoms with E-state index in [2.05, 4.69) is 21.0 Å². The molecule has 0 amide bonds. The van der Waals surface area contributed by atoms with Crippen LogP contribution in [0.25, 0.3) is 11.3 Å². The number of hydrogen-bond acceptors (Lipinski definition) is 2. The van der Waals surface area contributed by atoms with E-state index in [1.807, 2.05) is 6.92 Å². The molecule has 0 aliphatic heterocycles. The second-order valence-corrected chi connectivity index (χ2v) is 4.79. The van der Waals surface area contributed by atoms with Crippen molar-refractivity contribution in [3.05, 3.63) is 39.7 Å². The van der Waals surface area contributed by atoms with E-state index >= 15 is 0 Å². The molecule has 0 unspecified atom stereocenters. The van der Waals surface area contributed by atoms with E-state index in [0.717, 1.165) is 21.4 Å². The van der Waals surface area contributed by atoms with Crippen LogP contribution in [0.4, 0.5) is 4.39 Å². The van der Waals surface area contributed by atoms with Crippen molar-refractivity contribution in [2.45, 2.75) is 13.5 Å². The van der Waals surface area contributed by atoms with E-state index < -0.39 is 0 Å². The molecular formula is C12H13BrFN3. The second-order valence-electron chi connectivity index (χ2n) is 3.87. The molecule has 2 aromatic rings. The minimum absolute atomic E-state index is 0.261. The molecule has 90 valence electrons. The summed E-state index contributed by atoms with van der Waals surface area (Å²) in [5.74, 6) is -0.261. The van der Waals surface area contributed by atoms with Gasteiger partial charge in [0.2, 0.25) is 0 Å². The molecule has 0 radical (unpaired) electrons. The number of nitrogens with zero attached hydrogens (tertiary/aromatic N) is 2. The Labute approximate surface area is 108 Å². The summed E-state index contributed by atoms with van der Waals surface area (Å²) >= 11 is 3.35. The Morgan fingerprint density at radius 3 is 2.76 bits per heavy atom. The van der Waals surface area contributed by atoms with Crippen molar-refractivity contribution < 1.29 is 4.39 Å². The minimum atomic E-state index is -0.261. The number of aromatic nitrogens is 2. The number of nitrogens with two attached hydrogens (primary N) is 1. The van der Waals surface area contributed by atoms with Gasteiger partial charge in [-0.1, -0.05) is 15.9 Å². The first-order valence-corrected chi connectivity index (χ1v) is 6.02. The van der Waals surface area contributed by atoms with Crippen molar-refractivity contribution in [3.8, 4) is 11.3 Å². The molecule has 1 aromatic carbocycles. The summed E-state index contributed by atoms with van der Waals surface area (Å²) in [5, 5.41) is 4.29. The van der Waals surface area contributed by atoms with Crippen LogP contribution in [0, 0.1) is 12.7 Å². The molecule has 0 spiro atoms. The lowest BCUT2D eigenvalue weighted by Gasteiger charge is -2.06. The van der Waals surface area contributed by atoms with Crippen LogP contribution in [0.5, 0.6) is 0 Å². The Morgan fingerprint density at radius 1 is 1.47 bits per heavy atom. The highest BCUT2D eigenvalue weighted by atomic mass is 79.9. The van der Waals surface area contributed by atoms with Crippen LogP contribution in [-0.4, -0.2) is 9.78 Å². The second kappa shape index (κ2) is 4.58. The highest BCUT2D eigenvalue weighted by Crippen LogP contribution is 2.29. The molecule has 0 atom stereocenters. The number of rotatable bonds is 2. The number of halogens is 2. The van der Waals surface area contributed by atoms with Crippen molar-refractivity contribution in [2.75, 3.05) is 0 Å². The van der Waals surface area contributed by atoms with Crippen LogP contribution in [-0.2, 0) is 13.6 Å². The molecule has 2 N–H and O–H groups in total. The third kappa shape index (κ3) is 2.12. The lowest BCUT2D eigenvalue weighted by molar-refractivity contribution is 0.627. The van der Waals surface area contributed by atoms with Gasteiger partial charge in [0, 0.05) is 23.6 Å². The third-order valence-corrected chi connectivity index (χ3v) is 3.25. The van der Waals surface area contributed by atoms with Gasteiger partial charge in [0.15, 0.2) is 0 Å². The summed E-state index contributed by atoms with van der Waals surface area (Å²) in [4.78, 5) is 0. The van der Waals surface area contributed by atoms with E-state index in [1.54, 1.807) is 23.9 Å². The summed E-state index contributed by atoms with van der Waals surface area (Å²) in [7, 11) is 1.79. The topological polar surface area (TPSA) is 43.8 Å². The van der Waals surface area contributed by atoms with Crippen LogP contribution in [0.3, 0.4) is 0 Å². The highest BCUT2D eigenvalue weighted by molar-refractivity contribution is 9.10. The zero-order valence-electron chi connectivity index (χ0n) is 9.67. The number of hydrogen-bond donors (Lipinski definition) is 1. The standard InChI is InChI=1S/C12H13BrFN3/c1-7-11(6-15)16-17(2)12(7)9-5-8(13)3-4-10(9)14/h3-5H,6,15H2,1-2H3. The Morgan fingerprint density at radius 2 is 2.18 bits per heavy atom. The van der Waals surface area contributed by atoms with Gasteiger partial charge in [-0.3, -0.25) is 4.68 Å². The number of benzene rings is 1. The molecule has 2 rings (SSSR count). The lowest BCUT2D eigenvalue weighted by Crippen LogP contribution is -1.99. The molecule has 0 saturated carbocycles. The smallest absolute Gasteiger partial charge is 0.132 e. The first-order valence-electron chi connectivity index (χ1n) is 5.22. The van der Waals surface area contributed by atoms with Gasteiger partial charge in [0.25, 0.3) is 0 Å².